The Morgan fingerprint density at radius 2 is 2.18 bits per heavy atom. The van der Waals surface area contributed by atoms with Gasteiger partial charge in [-0.1, -0.05) is 22.0 Å². The molecule has 0 fully saturated rings. The topological polar surface area (TPSA) is 80.3 Å². The average molecular weight is 478 g/mol. The lowest BCUT2D eigenvalue weighted by atomic mass is 10.0. The van der Waals surface area contributed by atoms with Gasteiger partial charge in [0.2, 0.25) is 5.91 Å². The van der Waals surface area contributed by atoms with Crippen molar-refractivity contribution in [3.8, 4) is 5.75 Å². The summed E-state index contributed by atoms with van der Waals surface area (Å²) >= 11 is 6.14. The molecule has 9 heteroatoms. The molecule has 0 aliphatic carbocycles. The predicted octanol–water partition coefficient (Wildman–Crippen LogP) is 4.40. The Hall–Kier alpha value is -2.23. The largest absolute Gasteiger partial charge is 0.493 e. The molecule has 1 aliphatic rings. The number of aromatic nitrogens is 1. The molecular weight excluding hydrogens is 462 g/mol. The lowest BCUT2D eigenvalue weighted by molar-refractivity contribution is -0.121. The molecule has 3 heterocycles. The number of nitrogens with one attached hydrogen (secondary N) is 2. The Morgan fingerprint density at radius 3 is 3.00 bits per heavy atom. The van der Waals surface area contributed by atoms with Crippen LogP contribution in [-0.2, 0) is 11.2 Å². The van der Waals surface area contributed by atoms with Crippen molar-refractivity contribution in [2.75, 3.05) is 11.9 Å². The van der Waals surface area contributed by atoms with Crippen LogP contribution < -0.4 is 15.4 Å². The molecule has 4 rings (SSSR count). The summed E-state index contributed by atoms with van der Waals surface area (Å²) < 4.78 is 6.60. The Bertz CT molecular complexity index is 1000. The minimum absolute atomic E-state index is 0.0922. The van der Waals surface area contributed by atoms with Gasteiger partial charge in [0.1, 0.15) is 5.75 Å². The molecule has 0 bridgehead atoms. The van der Waals surface area contributed by atoms with Gasteiger partial charge in [-0.05, 0) is 29.6 Å². The second-order valence-electron chi connectivity index (χ2n) is 6.19. The highest BCUT2D eigenvalue weighted by molar-refractivity contribution is 9.10. The van der Waals surface area contributed by atoms with Gasteiger partial charge in [-0.15, -0.1) is 22.7 Å². The van der Waals surface area contributed by atoms with E-state index in [0.29, 0.717) is 28.7 Å². The third kappa shape index (κ3) is 4.43. The van der Waals surface area contributed by atoms with Crippen molar-refractivity contribution in [1.29, 1.82) is 0 Å². The van der Waals surface area contributed by atoms with Gasteiger partial charge >= 0.3 is 0 Å². The molecule has 0 saturated heterocycles. The van der Waals surface area contributed by atoms with E-state index >= 15 is 0 Å². The van der Waals surface area contributed by atoms with Gasteiger partial charge in [0.05, 0.1) is 29.6 Å². The van der Waals surface area contributed by atoms with Crippen LogP contribution in [0.2, 0.25) is 0 Å². The summed E-state index contributed by atoms with van der Waals surface area (Å²) in [7, 11) is 0. The zero-order valence-electron chi connectivity index (χ0n) is 14.6. The molecule has 0 spiro atoms. The predicted molar refractivity (Wildman–Crippen MR) is 113 cm³/mol. The number of fused-ring (bicyclic) bond motifs is 1. The maximum absolute atomic E-state index is 12.5. The fourth-order valence-electron chi connectivity index (χ4n) is 2.94. The maximum Gasteiger partial charge on any atom is 0.267 e. The van der Waals surface area contributed by atoms with Gasteiger partial charge in [-0.3, -0.25) is 14.9 Å². The monoisotopic (exact) mass is 477 g/mol. The van der Waals surface area contributed by atoms with Gasteiger partial charge in [0.15, 0.2) is 5.13 Å². The van der Waals surface area contributed by atoms with Gasteiger partial charge < -0.3 is 10.1 Å². The zero-order valence-corrected chi connectivity index (χ0v) is 17.8. The van der Waals surface area contributed by atoms with E-state index in [0.717, 1.165) is 15.8 Å². The van der Waals surface area contributed by atoms with Crippen molar-refractivity contribution in [2.24, 2.45) is 0 Å². The molecule has 6 nitrogen and oxygen atoms in total. The van der Waals surface area contributed by atoms with Gasteiger partial charge in [0.25, 0.3) is 5.91 Å². The first-order valence-electron chi connectivity index (χ1n) is 8.59. The first-order valence-corrected chi connectivity index (χ1v) is 11.1. The fourth-order valence-corrected chi connectivity index (χ4v) is 4.64. The first kappa shape index (κ1) is 19.1. The van der Waals surface area contributed by atoms with E-state index in [2.05, 4.69) is 31.5 Å². The summed E-state index contributed by atoms with van der Waals surface area (Å²) in [5.74, 6) is 0.496. The lowest BCUT2D eigenvalue weighted by Gasteiger charge is -2.26. The summed E-state index contributed by atoms with van der Waals surface area (Å²) in [6.45, 7) is 0.565. The van der Waals surface area contributed by atoms with Crippen molar-refractivity contribution in [2.45, 2.75) is 18.9 Å². The normalized spacial score (nSPS) is 15.4. The standard InChI is InChI=1S/C19H16BrN3O3S2/c20-11-3-4-15-13(8-11)14(5-6-26-15)22-17(24)9-12-10-28-19(21-12)23-18(25)16-2-1-7-27-16/h1-4,7-8,10,14H,5-6,9H2,(H,22,24)(H,21,23,25). The van der Waals surface area contributed by atoms with E-state index in [1.165, 1.54) is 22.7 Å². The number of halogens is 1. The van der Waals surface area contributed by atoms with Crippen LogP contribution in [0.3, 0.4) is 0 Å². The molecule has 2 amide bonds. The van der Waals surface area contributed by atoms with Gasteiger partial charge in [-0.25, -0.2) is 4.98 Å². The number of nitrogens with zero attached hydrogens (tertiary/aromatic N) is 1. The fraction of sp³-hybridized carbons (Fsp3) is 0.211. The number of benzene rings is 1. The highest BCUT2D eigenvalue weighted by atomic mass is 79.9. The third-order valence-electron chi connectivity index (χ3n) is 4.21. The second-order valence-corrected chi connectivity index (χ2v) is 8.91. The quantitative estimate of drug-likeness (QED) is 0.570. The summed E-state index contributed by atoms with van der Waals surface area (Å²) in [4.78, 5) is 29.6. The number of ether oxygens (including phenoxy) is 1. The maximum atomic E-state index is 12.5. The Labute approximate surface area is 178 Å². The molecule has 1 atom stereocenters. The lowest BCUT2D eigenvalue weighted by Crippen LogP contribution is -2.33. The number of amides is 2. The molecule has 3 aromatic rings. The van der Waals surface area contributed by atoms with Crippen molar-refractivity contribution in [1.82, 2.24) is 10.3 Å². The summed E-state index contributed by atoms with van der Waals surface area (Å²) in [6, 6.07) is 9.28. The van der Waals surface area contributed by atoms with Crippen LogP contribution in [0.5, 0.6) is 5.75 Å². The average Bonchev–Trinajstić information content (AvgIpc) is 3.34. The molecule has 0 saturated carbocycles. The van der Waals surface area contributed by atoms with Crippen molar-refractivity contribution in [3.05, 3.63) is 61.7 Å². The molecular formula is C19H16BrN3O3S2. The molecule has 28 heavy (non-hydrogen) atoms. The molecule has 1 aromatic carbocycles. The molecule has 0 radical (unpaired) electrons. The van der Waals surface area contributed by atoms with Crippen molar-refractivity contribution >= 4 is 55.5 Å². The van der Waals surface area contributed by atoms with E-state index in [4.69, 9.17) is 4.74 Å². The van der Waals surface area contributed by atoms with Crippen LogP contribution in [0.1, 0.15) is 33.4 Å². The van der Waals surface area contributed by atoms with E-state index in [1.807, 2.05) is 29.6 Å². The molecule has 2 aromatic heterocycles. The summed E-state index contributed by atoms with van der Waals surface area (Å²) in [5.41, 5.74) is 1.60. The highest BCUT2D eigenvalue weighted by Gasteiger charge is 2.23. The number of hydrogen-bond acceptors (Lipinski definition) is 6. The number of carbonyl (C=O) groups excluding carboxylic acids is 2. The van der Waals surface area contributed by atoms with Crippen LogP contribution in [0, 0.1) is 0 Å². The minimum atomic E-state index is -0.190. The number of anilines is 1. The van der Waals surface area contributed by atoms with E-state index < -0.39 is 0 Å². The van der Waals surface area contributed by atoms with Gasteiger partial charge in [-0.2, -0.15) is 0 Å². The SMILES string of the molecule is O=C(Cc1csc(NC(=O)c2cccs2)n1)NC1CCOc2ccc(Br)cc21. The summed E-state index contributed by atoms with van der Waals surface area (Å²) in [5, 5.41) is 9.95. The van der Waals surface area contributed by atoms with Gasteiger partial charge in [0, 0.05) is 21.8 Å². The zero-order chi connectivity index (χ0) is 19.5. The number of carbonyl (C=O) groups is 2. The van der Waals surface area contributed by atoms with E-state index in [-0.39, 0.29) is 24.3 Å². The van der Waals surface area contributed by atoms with Crippen LogP contribution in [0.25, 0.3) is 0 Å². The Morgan fingerprint density at radius 1 is 1.29 bits per heavy atom. The van der Waals surface area contributed by atoms with Crippen LogP contribution >= 0.6 is 38.6 Å². The van der Waals surface area contributed by atoms with Crippen LogP contribution in [0.15, 0.2) is 45.6 Å². The number of thiazole rings is 1. The van der Waals surface area contributed by atoms with Crippen LogP contribution in [0.4, 0.5) is 5.13 Å². The molecule has 1 aliphatic heterocycles. The summed E-state index contributed by atoms with van der Waals surface area (Å²) in [6.07, 6.45) is 0.875. The van der Waals surface area contributed by atoms with Crippen LogP contribution in [-0.4, -0.2) is 23.4 Å². The number of hydrogen-bond donors (Lipinski definition) is 2. The molecule has 144 valence electrons. The minimum Gasteiger partial charge on any atom is -0.493 e. The van der Waals surface area contributed by atoms with Crippen molar-refractivity contribution < 1.29 is 14.3 Å². The first-order chi connectivity index (χ1) is 13.6. The number of rotatable bonds is 5. The Kier molecular flexibility index (Phi) is 5.74. The third-order valence-corrected chi connectivity index (χ3v) is 6.37. The van der Waals surface area contributed by atoms with Crippen molar-refractivity contribution in [3.63, 3.8) is 0 Å². The van der Waals surface area contributed by atoms with E-state index in [1.54, 1.807) is 11.4 Å². The molecule has 1 unspecified atom stereocenters. The Balaban J connectivity index is 1.37. The molecule has 2 N–H and O–H groups in total. The van der Waals surface area contributed by atoms with E-state index in [9.17, 15) is 9.59 Å². The smallest absolute Gasteiger partial charge is 0.267 e. The highest BCUT2D eigenvalue weighted by Crippen LogP contribution is 2.34. The second kappa shape index (κ2) is 8.42. The number of thiophene rings is 1.